The van der Waals surface area contributed by atoms with Crippen LogP contribution in [-0.2, 0) is 11.4 Å². The van der Waals surface area contributed by atoms with Crippen LogP contribution in [0.5, 0.6) is 5.75 Å². The highest BCUT2D eigenvalue weighted by atomic mass is 16.5. The summed E-state index contributed by atoms with van der Waals surface area (Å²) in [6.07, 6.45) is 1.84. The van der Waals surface area contributed by atoms with Gasteiger partial charge in [0.1, 0.15) is 12.4 Å². The monoisotopic (exact) mass is 378 g/mol. The van der Waals surface area contributed by atoms with Crippen LogP contribution in [0.15, 0.2) is 54.6 Å². The number of nitrogens with zero attached hydrogens (tertiary/aromatic N) is 1. The Labute approximate surface area is 167 Å². The Balaban J connectivity index is 1.32. The maximum absolute atomic E-state index is 12.9. The van der Waals surface area contributed by atoms with E-state index in [0.717, 1.165) is 37.2 Å². The zero-order chi connectivity index (χ0) is 19.7. The lowest BCUT2D eigenvalue weighted by molar-refractivity contribution is -0.136. The predicted octanol–water partition coefficient (Wildman–Crippen LogP) is 3.95. The summed E-state index contributed by atoms with van der Waals surface area (Å²) in [4.78, 5) is 15.0. The summed E-state index contributed by atoms with van der Waals surface area (Å²) in [5.74, 6) is 1.63. The van der Waals surface area contributed by atoms with Crippen LogP contribution in [0.1, 0.15) is 43.7 Å². The van der Waals surface area contributed by atoms with Crippen molar-refractivity contribution in [1.82, 2.24) is 4.90 Å². The summed E-state index contributed by atoms with van der Waals surface area (Å²) in [7, 11) is 0. The molecule has 0 spiro atoms. The van der Waals surface area contributed by atoms with Crippen LogP contribution in [-0.4, -0.2) is 29.9 Å². The van der Waals surface area contributed by atoms with E-state index in [4.69, 9.17) is 10.5 Å². The first-order chi connectivity index (χ1) is 13.4. The minimum absolute atomic E-state index is 0.00393. The molecule has 1 saturated heterocycles. The SMILES string of the molecule is CC1(C)CN(C(=O)C2CC2c2ccc(OCc3ccccc3)cc2)CCC1N. The minimum atomic E-state index is -0.00393. The number of ether oxygens (including phenoxy) is 1. The van der Waals surface area contributed by atoms with E-state index >= 15 is 0 Å². The first kappa shape index (κ1) is 19.0. The van der Waals surface area contributed by atoms with Gasteiger partial charge in [0.05, 0.1) is 0 Å². The summed E-state index contributed by atoms with van der Waals surface area (Å²) in [6, 6.07) is 18.6. The van der Waals surface area contributed by atoms with Gasteiger partial charge in [-0.25, -0.2) is 0 Å². The van der Waals surface area contributed by atoms with Crippen molar-refractivity contribution in [3.8, 4) is 5.75 Å². The number of hydrogen-bond acceptors (Lipinski definition) is 3. The van der Waals surface area contributed by atoms with Gasteiger partial charge in [-0.05, 0) is 47.4 Å². The van der Waals surface area contributed by atoms with Crippen molar-refractivity contribution in [1.29, 1.82) is 0 Å². The van der Waals surface area contributed by atoms with Crippen LogP contribution in [0, 0.1) is 11.3 Å². The average Bonchev–Trinajstić information content (AvgIpc) is 3.50. The molecule has 0 aromatic heterocycles. The maximum Gasteiger partial charge on any atom is 0.226 e. The normalized spacial score (nSPS) is 26.0. The van der Waals surface area contributed by atoms with Crippen molar-refractivity contribution in [2.45, 2.75) is 45.3 Å². The summed E-state index contributed by atoms with van der Waals surface area (Å²) < 4.78 is 5.86. The van der Waals surface area contributed by atoms with E-state index in [-0.39, 0.29) is 17.4 Å². The van der Waals surface area contributed by atoms with Gasteiger partial charge >= 0.3 is 0 Å². The molecular formula is C24H30N2O2. The van der Waals surface area contributed by atoms with Gasteiger partial charge in [0.15, 0.2) is 0 Å². The maximum atomic E-state index is 12.9. The van der Waals surface area contributed by atoms with Gasteiger partial charge in [0.25, 0.3) is 0 Å². The van der Waals surface area contributed by atoms with Gasteiger partial charge in [0, 0.05) is 25.0 Å². The number of likely N-dealkylation sites (tertiary alicyclic amines) is 1. The minimum Gasteiger partial charge on any atom is -0.489 e. The first-order valence-electron chi connectivity index (χ1n) is 10.2. The zero-order valence-corrected chi connectivity index (χ0v) is 16.8. The Morgan fingerprint density at radius 3 is 2.54 bits per heavy atom. The van der Waals surface area contributed by atoms with Gasteiger partial charge in [-0.1, -0.05) is 56.3 Å². The van der Waals surface area contributed by atoms with Crippen molar-refractivity contribution >= 4 is 5.91 Å². The Bertz CT molecular complexity index is 816. The Morgan fingerprint density at radius 1 is 1.14 bits per heavy atom. The highest BCUT2D eigenvalue weighted by Crippen LogP contribution is 2.49. The molecule has 2 aliphatic rings. The molecule has 3 unspecified atom stereocenters. The second-order valence-corrected chi connectivity index (χ2v) is 8.94. The molecular weight excluding hydrogens is 348 g/mol. The summed E-state index contributed by atoms with van der Waals surface area (Å²) in [6.45, 7) is 6.45. The predicted molar refractivity (Wildman–Crippen MR) is 111 cm³/mol. The highest BCUT2D eigenvalue weighted by molar-refractivity contribution is 5.83. The van der Waals surface area contributed by atoms with Gasteiger partial charge in [0.2, 0.25) is 5.91 Å². The lowest BCUT2D eigenvalue weighted by Gasteiger charge is -2.42. The van der Waals surface area contributed by atoms with Gasteiger partial charge in [-0.2, -0.15) is 0 Å². The first-order valence-corrected chi connectivity index (χ1v) is 10.2. The molecule has 1 aliphatic carbocycles. The third-order valence-electron chi connectivity index (χ3n) is 6.29. The van der Waals surface area contributed by atoms with Crippen molar-refractivity contribution in [3.05, 3.63) is 65.7 Å². The number of carbonyl (C=O) groups excluding carboxylic acids is 1. The van der Waals surface area contributed by atoms with Crippen LogP contribution in [0.2, 0.25) is 0 Å². The summed E-state index contributed by atoms with van der Waals surface area (Å²) in [5, 5.41) is 0. The molecule has 1 amide bonds. The fraction of sp³-hybridized carbons (Fsp3) is 0.458. The number of amides is 1. The molecule has 2 aromatic carbocycles. The molecule has 4 heteroatoms. The quantitative estimate of drug-likeness (QED) is 0.857. The van der Waals surface area contributed by atoms with E-state index in [2.05, 4.69) is 38.1 Å². The van der Waals surface area contributed by atoms with E-state index in [1.54, 1.807) is 0 Å². The van der Waals surface area contributed by atoms with Gasteiger partial charge in [-0.3, -0.25) is 4.79 Å². The van der Waals surface area contributed by atoms with Crippen LogP contribution < -0.4 is 10.5 Å². The van der Waals surface area contributed by atoms with E-state index in [9.17, 15) is 4.79 Å². The summed E-state index contributed by atoms with van der Waals surface area (Å²) in [5.41, 5.74) is 8.60. The molecule has 1 saturated carbocycles. The van der Waals surface area contributed by atoms with Crippen molar-refractivity contribution in [3.63, 3.8) is 0 Å². The van der Waals surface area contributed by atoms with Gasteiger partial charge in [-0.15, -0.1) is 0 Å². The molecule has 2 aromatic rings. The second-order valence-electron chi connectivity index (χ2n) is 8.94. The fourth-order valence-electron chi connectivity index (χ4n) is 4.18. The zero-order valence-electron chi connectivity index (χ0n) is 16.8. The molecule has 28 heavy (non-hydrogen) atoms. The number of rotatable bonds is 5. The molecule has 4 nitrogen and oxygen atoms in total. The lowest BCUT2D eigenvalue weighted by atomic mass is 9.79. The molecule has 3 atom stereocenters. The van der Waals surface area contributed by atoms with Gasteiger partial charge < -0.3 is 15.4 Å². The van der Waals surface area contributed by atoms with E-state index in [1.807, 2.05) is 35.2 Å². The molecule has 2 N–H and O–H groups in total. The van der Waals surface area contributed by atoms with E-state index < -0.39 is 0 Å². The Morgan fingerprint density at radius 2 is 1.86 bits per heavy atom. The van der Waals surface area contributed by atoms with E-state index in [0.29, 0.717) is 18.4 Å². The third-order valence-corrected chi connectivity index (χ3v) is 6.29. The topological polar surface area (TPSA) is 55.6 Å². The van der Waals surface area contributed by atoms with Crippen LogP contribution in [0.25, 0.3) is 0 Å². The molecule has 0 bridgehead atoms. The molecule has 4 rings (SSSR count). The molecule has 1 aliphatic heterocycles. The Hall–Kier alpha value is -2.33. The smallest absolute Gasteiger partial charge is 0.226 e. The van der Waals surface area contributed by atoms with Crippen molar-refractivity contribution in [2.75, 3.05) is 13.1 Å². The number of piperidine rings is 1. The number of benzene rings is 2. The molecule has 1 heterocycles. The number of hydrogen-bond donors (Lipinski definition) is 1. The number of nitrogens with two attached hydrogens (primary N) is 1. The fourth-order valence-corrected chi connectivity index (χ4v) is 4.18. The number of carbonyl (C=O) groups is 1. The largest absolute Gasteiger partial charge is 0.489 e. The highest BCUT2D eigenvalue weighted by Gasteiger charge is 2.47. The van der Waals surface area contributed by atoms with Crippen molar-refractivity contribution in [2.24, 2.45) is 17.1 Å². The average molecular weight is 379 g/mol. The lowest BCUT2D eigenvalue weighted by Crippen LogP contribution is -2.54. The third kappa shape index (κ3) is 4.07. The molecule has 2 fully saturated rings. The molecule has 0 radical (unpaired) electrons. The standard InChI is InChI=1S/C24H30N2O2/c1-24(2)16-26(13-12-22(24)25)23(27)21-14-20(21)18-8-10-19(11-9-18)28-15-17-6-4-3-5-7-17/h3-11,20-22H,12-16,25H2,1-2H3. The Kier molecular flexibility index (Phi) is 5.15. The van der Waals surface area contributed by atoms with Crippen molar-refractivity contribution < 1.29 is 9.53 Å². The summed E-state index contributed by atoms with van der Waals surface area (Å²) >= 11 is 0. The van der Waals surface area contributed by atoms with E-state index in [1.165, 1.54) is 5.56 Å². The molecule has 148 valence electrons. The van der Waals surface area contributed by atoms with Crippen LogP contribution >= 0.6 is 0 Å². The second kappa shape index (κ2) is 7.59. The van der Waals surface area contributed by atoms with Crippen LogP contribution in [0.4, 0.5) is 0 Å². The van der Waals surface area contributed by atoms with Crippen LogP contribution in [0.3, 0.4) is 0 Å².